The van der Waals surface area contributed by atoms with Gasteiger partial charge in [-0.2, -0.15) is 0 Å². The lowest BCUT2D eigenvalue weighted by molar-refractivity contribution is 0.318. The van der Waals surface area contributed by atoms with Gasteiger partial charge < -0.3 is 9.30 Å². The number of fused-ring (bicyclic) bond motifs is 1. The molecule has 1 unspecified atom stereocenters. The molecular formula is C14H13NO2. The Morgan fingerprint density at radius 1 is 1.18 bits per heavy atom. The summed E-state index contributed by atoms with van der Waals surface area (Å²) in [4.78, 5) is 11.6. The predicted octanol–water partition coefficient (Wildman–Crippen LogP) is 2.02. The number of pyridine rings is 1. The minimum absolute atomic E-state index is 0.0388. The Morgan fingerprint density at radius 2 is 2.00 bits per heavy atom. The van der Waals surface area contributed by atoms with E-state index in [9.17, 15) is 4.79 Å². The van der Waals surface area contributed by atoms with Crippen molar-refractivity contribution < 1.29 is 4.74 Å². The van der Waals surface area contributed by atoms with Crippen LogP contribution in [0, 0.1) is 0 Å². The summed E-state index contributed by atoms with van der Waals surface area (Å²) in [5, 5.41) is 0. The zero-order valence-electron chi connectivity index (χ0n) is 9.37. The molecule has 3 nitrogen and oxygen atoms in total. The second kappa shape index (κ2) is 4.09. The predicted molar refractivity (Wildman–Crippen MR) is 65.4 cm³/mol. The van der Waals surface area contributed by atoms with Gasteiger partial charge in [0.1, 0.15) is 5.75 Å². The van der Waals surface area contributed by atoms with Gasteiger partial charge in [-0.1, -0.05) is 24.3 Å². The molecule has 0 spiro atoms. The summed E-state index contributed by atoms with van der Waals surface area (Å²) < 4.78 is 7.34. The van der Waals surface area contributed by atoms with Gasteiger partial charge in [0.15, 0.2) is 0 Å². The molecule has 0 fully saturated rings. The molecule has 0 saturated carbocycles. The third kappa shape index (κ3) is 1.84. The van der Waals surface area contributed by atoms with E-state index < -0.39 is 0 Å². The van der Waals surface area contributed by atoms with Crippen molar-refractivity contribution in [1.29, 1.82) is 0 Å². The first-order valence-electron chi connectivity index (χ1n) is 5.72. The van der Waals surface area contributed by atoms with E-state index in [2.05, 4.69) is 6.07 Å². The van der Waals surface area contributed by atoms with E-state index in [0.29, 0.717) is 13.2 Å². The summed E-state index contributed by atoms with van der Waals surface area (Å²) in [5.41, 5.74) is 1.24. The maximum Gasteiger partial charge on any atom is 0.250 e. The van der Waals surface area contributed by atoms with E-state index in [0.717, 1.165) is 5.75 Å². The van der Waals surface area contributed by atoms with Crippen LogP contribution in [0.4, 0.5) is 0 Å². The van der Waals surface area contributed by atoms with Crippen molar-refractivity contribution in [2.75, 3.05) is 6.61 Å². The van der Waals surface area contributed by atoms with Gasteiger partial charge >= 0.3 is 0 Å². The minimum atomic E-state index is 0.0388. The number of nitrogens with zero attached hydrogens (tertiary/aromatic N) is 1. The Labute approximate surface area is 99.3 Å². The molecule has 0 aliphatic carbocycles. The van der Waals surface area contributed by atoms with Crippen molar-refractivity contribution in [3.05, 3.63) is 64.6 Å². The van der Waals surface area contributed by atoms with Crippen molar-refractivity contribution >= 4 is 0 Å². The van der Waals surface area contributed by atoms with E-state index in [1.54, 1.807) is 16.7 Å². The number of benzene rings is 1. The van der Waals surface area contributed by atoms with Crippen LogP contribution in [0.1, 0.15) is 11.5 Å². The molecule has 1 aromatic heterocycles. The van der Waals surface area contributed by atoms with Gasteiger partial charge in [-0.15, -0.1) is 0 Å². The second-order valence-electron chi connectivity index (χ2n) is 4.24. The van der Waals surface area contributed by atoms with E-state index in [1.165, 1.54) is 5.56 Å². The molecule has 17 heavy (non-hydrogen) atoms. The summed E-state index contributed by atoms with van der Waals surface area (Å²) in [7, 11) is 0. The number of aromatic nitrogens is 1. The topological polar surface area (TPSA) is 31.2 Å². The zero-order chi connectivity index (χ0) is 11.7. The molecule has 1 aromatic carbocycles. The van der Waals surface area contributed by atoms with Gasteiger partial charge in [-0.05, 0) is 12.1 Å². The van der Waals surface area contributed by atoms with Gasteiger partial charge in [-0.25, -0.2) is 0 Å². The first kappa shape index (κ1) is 10.1. The second-order valence-corrected chi connectivity index (χ2v) is 4.24. The highest BCUT2D eigenvalue weighted by atomic mass is 16.5. The van der Waals surface area contributed by atoms with Gasteiger partial charge in [0.25, 0.3) is 5.56 Å². The lowest BCUT2D eigenvalue weighted by Crippen LogP contribution is -2.22. The van der Waals surface area contributed by atoms with Gasteiger partial charge in [-0.3, -0.25) is 4.79 Å². The van der Waals surface area contributed by atoms with Crippen molar-refractivity contribution in [2.24, 2.45) is 0 Å². The van der Waals surface area contributed by atoms with Crippen LogP contribution in [-0.2, 0) is 6.54 Å². The molecule has 3 heteroatoms. The van der Waals surface area contributed by atoms with Crippen LogP contribution in [0.2, 0.25) is 0 Å². The summed E-state index contributed by atoms with van der Waals surface area (Å²) in [6, 6.07) is 13.2. The van der Waals surface area contributed by atoms with Crippen LogP contribution >= 0.6 is 0 Å². The van der Waals surface area contributed by atoms with Crippen LogP contribution < -0.4 is 10.3 Å². The van der Waals surface area contributed by atoms with E-state index in [-0.39, 0.29) is 11.5 Å². The minimum Gasteiger partial charge on any atom is -0.493 e. The molecule has 0 radical (unpaired) electrons. The largest absolute Gasteiger partial charge is 0.493 e. The molecule has 0 saturated heterocycles. The Morgan fingerprint density at radius 3 is 2.88 bits per heavy atom. The van der Waals surface area contributed by atoms with E-state index in [1.807, 2.05) is 30.5 Å². The maximum atomic E-state index is 11.6. The molecule has 2 aromatic rings. The summed E-state index contributed by atoms with van der Waals surface area (Å²) in [5.74, 6) is 1.22. The molecular weight excluding hydrogens is 214 g/mol. The van der Waals surface area contributed by atoms with Gasteiger partial charge in [0.05, 0.1) is 6.61 Å². The number of hydrogen-bond donors (Lipinski definition) is 0. The van der Waals surface area contributed by atoms with Crippen molar-refractivity contribution in [2.45, 2.75) is 12.5 Å². The summed E-state index contributed by atoms with van der Waals surface area (Å²) >= 11 is 0. The Hall–Kier alpha value is -2.03. The molecule has 1 aliphatic rings. The standard InChI is InChI=1S/C14H13NO2/c16-14-7-3-4-8-15(14)9-11-10-17-13-6-2-1-5-12(11)13/h1-8,11H,9-10H2. The molecule has 0 N–H and O–H groups in total. The fraction of sp³-hybridized carbons (Fsp3) is 0.214. The summed E-state index contributed by atoms with van der Waals surface area (Å²) in [6.45, 7) is 1.33. The van der Waals surface area contributed by atoms with Gasteiger partial charge in [0.2, 0.25) is 0 Å². The number of para-hydroxylation sites is 1. The Bertz CT molecular complexity index is 589. The third-order valence-corrected chi connectivity index (χ3v) is 3.11. The molecule has 3 rings (SSSR count). The molecule has 0 bridgehead atoms. The highest BCUT2D eigenvalue weighted by Crippen LogP contribution is 2.33. The van der Waals surface area contributed by atoms with Crippen LogP contribution in [0.25, 0.3) is 0 Å². The van der Waals surface area contributed by atoms with Crippen LogP contribution in [0.15, 0.2) is 53.5 Å². The first-order chi connectivity index (χ1) is 8.34. The highest BCUT2D eigenvalue weighted by molar-refractivity contribution is 5.39. The van der Waals surface area contributed by atoms with Crippen LogP contribution in [-0.4, -0.2) is 11.2 Å². The van der Waals surface area contributed by atoms with Crippen molar-refractivity contribution in [3.8, 4) is 5.75 Å². The number of hydrogen-bond acceptors (Lipinski definition) is 2. The average Bonchev–Trinajstić information content (AvgIpc) is 2.76. The lowest BCUT2D eigenvalue weighted by Gasteiger charge is -2.10. The fourth-order valence-electron chi connectivity index (χ4n) is 2.23. The average molecular weight is 227 g/mol. The molecule has 1 atom stereocenters. The van der Waals surface area contributed by atoms with Gasteiger partial charge in [0, 0.05) is 30.3 Å². The lowest BCUT2D eigenvalue weighted by atomic mass is 10.0. The monoisotopic (exact) mass is 227 g/mol. The van der Waals surface area contributed by atoms with Crippen molar-refractivity contribution in [3.63, 3.8) is 0 Å². The SMILES string of the molecule is O=c1ccccn1CC1COc2ccccc21. The Balaban J connectivity index is 1.89. The van der Waals surface area contributed by atoms with E-state index >= 15 is 0 Å². The fourth-order valence-corrected chi connectivity index (χ4v) is 2.23. The zero-order valence-corrected chi connectivity index (χ0v) is 9.37. The quantitative estimate of drug-likeness (QED) is 0.786. The summed E-state index contributed by atoms with van der Waals surface area (Å²) in [6.07, 6.45) is 1.82. The third-order valence-electron chi connectivity index (χ3n) is 3.11. The van der Waals surface area contributed by atoms with Crippen molar-refractivity contribution in [1.82, 2.24) is 4.57 Å². The highest BCUT2D eigenvalue weighted by Gasteiger charge is 2.23. The maximum absolute atomic E-state index is 11.6. The normalized spacial score (nSPS) is 17.5. The first-order valence-corrected chi connectivity index (χ1v) is 5.72. The molecule has 0 amide bonds. The van der Waals surface area contributed by atoms with Crippen LogP contribution in [0.3, 0.4) is 0 Å². The van der Waals surface area contributed by atoms with Crippen LogP contribution in [0.5, 0.6) is 5.75 Å². The molecule has 1 aliphatic heterocycles. The smallest absolute Gasteiger partial charge is 0.250 e. The number of rotatable bonds is 2. The number of ether oxygens (including phenoxy) is 1. The molecule has 2 heterocycles. The Kier molecular flexibility index (Phi) is 2.44. The molecule has 86 valence electrons. The van der Waals surface area contributed by atoms with E-state index in [4.69, 9.17) is 4.74 Å².